The molecule has 3 aromatic rings. The summed E-state index contributed by atoms with van der Waals surface area (Å²) in [6.07, 6.45) is 3.95. The zero-order chi connectivity index (χ0) is 16.8. The molecule has 0 spiro atoms. The van der Waals surface area contributed by atoms with Gasteiger partial charge in [0.25, 0.3) is 0 Å². The Balaban J connectivity index is 1.64. The summed E-state index contributed by atoms with van der Waals surface area (Å²) in [7, 11) is 0. The maximum Gasteiger partial charge on any atom is 0.344 e. The van der Waals surface area contributed by atoms with Crippen LogP contribution in [0.25, 0.3) is 23.1 Å². The second-order valence-electron chi connectivity index (χ2n) is 5.15. The van der Waals surface area contributed by atoms with Crippen LogP contribution >= 0.6 is 0 Å². The van der Waals surface area contributed by atoms with Gasteiger partial charge in [-0.3, -0.25) is 5.10 Å². The minimum absolute atomic E-state index is 0.0811. The van der Waals surface area contributed by atoms with Crippen molar-refractivity contribution in [2.45, 2.75) is 6.92 Å². The van der Waals surface area contributed by atoms with Crippen LogP contribution in [0.4, 0.5) is 0 Å². The van der Waals surface area contributed by atoms with E-state index in [1.165, 1.54) is 0 Å². The third-order valence-electron chi connectivity index (χ3n) is 3.48. The average Bonchev–Trinajstić information content (AvgIpc) is 3.02. The van der Waals surface area contributed by atoms with Gasteiger partial charge in [-0.05, 0) is 36.8 Å². The summed E-state index contributed by atoms with van der Waals surface area (Å²) in [4.78, 5) is 11.3. The molecule has 0 fully saturated rings. The van der Waals surface area contributed by atoms with E-state index in [1.807, 2.05) is 60.7 Å². The molecule has 24 heavy (non-hydrogen) atoms. The number of carbonyl (C=O) groups excluding carboxylic acids is 1. The maximum absolute atomic E-state index is 11.3. The molecule has 1 N–H and O–H groups in total. The normalized spacial score (nSPS) is 11.0. The Bertz CT molecular complexity index is 850. The van der Waals surface area contributed by atoms with Gasteiger partial charge in [-0.1, -0.05) is 36.4 Å². The molecule has 0 saturated carbocycles. The molecule has 0 aliphatic heterocycles. The Labute approximate surface area is 139 Å². The summed E-state index contributed by atoms with van der Waals surface area (Å²) < 4.78 is 10.2. The van der Waals surface area contributed by atoms with Crippen molar-refractivity contribution < 1.29 is 14.3 Å². The summed E-state index contributed by atoms with van der Waals surface area (Å²) in [6, 6.07) is 15.5. The van der Waals surface area contributed by atoms with E-state index in [4.69, 9.17) is 9.47 Å². The van der Waals surface area contributed by atoms with Crippen LogP contribution in [0, 0.1) is 0 Å². The van der Waals surface area contributed by atoms with Gasteiger partial charge < -0.3 is 9.47 Å². The average molecular weight is 322 g/mol. The van der Waals surface area contributed by atoms with Crippen molar-refractivity contribution in [3.8, 4) is 5.75 Å². The van der Waals surface area contributed by atoms with E-state index in [2.05, 4.69) is 10.2 Å². The summed E-state index contributed by atoms with van der Waals surface area (Å²) in [5.74, 6) is 0.261. The van der Waals surface area contributed by atoms with E-state index >= 15 is 0 Å². The van der Waals surface area contributed by atoms with Crippen LogP contribution < -0.4 is 4.74 Å². The van der Waals surface area contributed by atoms with Crippen molar-refractivity contribution >= 4 is 29.0 Å². The topological polar surface area (TPSA) is 64.2 Å². The van der Waals surface area contributed by atoms with E-state index in [0.29, 0.717) is 12.4 Å². The number of benzene rings is 2. The van der Waals surface area contributed by atoms with E-state index < -0.39 is 0 Å². The Hall–Kier alpha value is -3.08. The van der Waals surface area contributed by atoms with Crippen molar-refractivity contribution in [1.29, 1.82) is 0 Å². The summed E-state index contributed by atoms with van der Waals surface area (Å²) in [6.45, 7) is 2.04. The molecule has 0 unspecified atom stereocenters. The Morgan fingerprint density at radius 1 is 1.12 bits per heavy atom. The number of esters is 1. The van der Waals surface area contributed by atoms with E-state index in [-0.39, 0.29) is 12.6 Å². The highest BCUT2D eigenvalue weighted by Gasteiger charge is 2.03. The smallest absolute Gasteiger partial charge is 0.344 e. The predicted octanol–water partition coefficient (Wildman–Crippen LogP) is 3.68. The van der Waals surface area contributed by atoms with Crippen LogP contribution in [-0.4, -0.2) is 29.4 Å². The van der Waals surface area contributed by atoms with Crippen molar-refractivity contribution in [3.63, 3.8) is 0 Å². The number of aromatic amines is 1. The number of aromatic nitrogens is 2. The third kappa shape index (κ3) is 3.81. The lowest BCUT2D eigenvalue weighted by Crippen LogP contribution is -2.14. The van der Waals surface area contributed by atoms with E-state index in [1.54, 1.807) is 6.92 Å². The number of para-hydroxylation sites is 1. The first kappa shape index (κ1) is 15.8. The first-order valence-corrected chi connectivity index (χ1v) is 7.76. The molecule has 0 saturated heterocycles. The number of hydrogen-bond donors (Lipinski definition) is 1. The van der Waals surface area contributed by atoms with Gasteiger partial charge in [0, 0.05) is 5.39 Å². The Morgan fingerprint density at radius 2 is 1.92 bits per heavy atom. The molecule has 0 amide bonds. The molecule has 5 nitrogen and oxygen atoms in total. The summed E-state index contributed by atoms with van der Waals surface area (Å²) in [5.41, 5.74) is 2.93. The van der Waals surface area contributed by atoms with Gasteiger partial charge in [0.2, 0.25) is 0 Å². The van der Waals surface area contributed by atoms with Gasteiger partial charge in [0.05, 0.1) is 17.8 Å². The van der Waals surface area contributed by atoms with Crippen LogP contribution in [0.3, 0.4) is 0 Å². The highest BCUT2D eigenvalue weighted by molar-refractivity contribution is 5.89. The number of ether oxygens (including phenoxy) is 2. The number of fused-ring (bicyclic) bond motifs is 1. The highest BCUT2D eigenvalue weighted by atomic mass is 16.6. The van der Waals surface area contributed by atoms with Crippen molar-refractivity contribution in [2.24, 2.45) is 0 Å². The van der Waals surface area contributed by atoms with Gasteiger partial charge in [-0.15, -0.1) is 0 Å². The molecule has 0 radical (unpaired) electrons. The molecule has 0 aliphatic carbocycles. The first-order valence-electron chi connectivity index (χ1n) is 7.76. The number of nitrogens with zero attached hydrogens (tertiary/aromatic N) is 1. The first-order chi connectivity index (χ1) is 11.8. The van der Waals surface area contributed by atoms with Crippen LogP contribution in [0.15, 0.2) is 48.5 Å². The standard InChI is InChI=1S/C19H18N2O3/c1-2-23-19(22)13-24-15-10-7-14(8-11-15)9-12-18-16-5-3-4-6-17(16)20-21-18/h3-12H,2,13H2,1H3,(H,20,21)/b12-9+. The van der Waals surface area contributed by atoms with E-state index in [9.17, 15) is 4.79 Å². The van der Waals surface area contributed by atoms with Gasteiger partial charge in [-0.25, -0.2) is 4.79 Å². The van der Waals surface area contributed by atoms with Crippen molar-refractivity contribution in [2.75, 3.05) is 13.2 Å². The van der Waals surface area contributed by atoms with Crippen molar-refractivity contribution in [3.05, 3.63) is 59.8 Å². The molecule has 0 atom stereocenters. The molecule has 3 rings (SSSR count). The monoisotopic (exact) mass is 322 g/mol. The lowest BCUT2D eigenvalue weighted by atomic mass is 10.1. The molecule has 2 aromatic carbocycles. The van der Waals surface area contributed by atoms with Crippen LogP contribution in [0.5, 0.6) is 5.75 Å². The number of nitrogens with one attached hydrogen (secondary N) is 1. The second-order valence-corrected chi connectivity index (χ2v) is 5.15. The predicted molar refractivity (Wildman–Crippen MR) is 93.6 cm³/mol. The van der Waals surface area contributed by atoms with Gasteiger partial charge >= 0.3 is 5.97 Å². The number of H-pyrrole nitrogens is 1. The lowest BCUT2D eigenvalue weighted by molar-refractivity contribution is -0.145. The summed E-state index contributed by atoms with van der Waals surface area (Å²) in [5, 5.41) is 8.40. The summed E-state index contributed by atoms with van der Waals surface area (Å²) >= 11 is 0. The minimum atomic E-state index is -0.369. The quantitative estimate of drug-likeness (QED) is 0.703. The highest BCUT2D eigenvalue weighted by Crippen LogP contribution is 2.18. The molecule has 1 aromatic heterocycles. The minimum Gasteiger partial charge on any atom is -0.482 e. The number of rotatable bonds is 6. The molecule has 0 bridgehead atoms. The van der Waals surface area contributed by atoms with Crippen LogP contribution in [-0.2, 0) is 9.53 Å². The third-order valence-corrected chi connectivity index (χ3v) is 3.48. The zero-order valence-corrected chi connectivity index (χ0v) is 13.4. The molecule has 0 aliphatic rings. The van der Waals surface area contributed by atoms with Gasteiger partial charge in [0.15, 0.2) is 6.61 Å². The zero-order valence-electron chi connectivity index (χ0n) is 13.4. The molecule has 5 heteroatoms. The fraction of sp³-hybridized carbons (Fsp3) is 0.158. The molecular weight excluding hydrogens is 304 g/mol. The Kier molecular flexibility index (Phi) is 4.91. The van der Waals surface area contributed by atoms with Crippen LogP contribution in [0.1, 0.15) is 18.2 Å². The van der Waals surface area contributed by atoms with Crippen molar-refractivity contribution in [1.82, 2.24) is 10.2 Å². The SMILES string of the molecule is CCOC(=O)COc1ccc(/C=C/c2n[nH]c3ccccc23)cc1. The fourth-order valence-corrected chi connectivity index (χ4v) is 2.31. The van der Waals surface area contributed by atoms with Crippen LogP contribution in [0.2, 0.25) is 0 Å². The maximum atomic E-state index is 11.3. The molecular formula is C19H18N2O3. The van der Waals surface area contributed by atoms with E-state index in [0.717, 1.165) is 22.2 Å². The Morgan fingerprint density at radius 3 is 2.71 bits per heavy atom. The van der Waals surface area contributed by atoms with Gasteiger partial charge in [0.1, 0.15) is 5.75 Å². The molecule has 1 heterocycles. The number of hydrogen-bond acceptors (Lipinski definition) is 4. The van der Waals surface area contributed by atoms with Gasteiger partial charge in [-0.2, -0.15) is 5.10 Å². The lowest BCUT2D eigenvalue weighted by Gasteiger charge is -2.05. The second kappa shape index (κ2) is 7.46. The fourth-order valence-electron chi connectivity index (χ4n) is 2.31. The molecule has 122 valence electrons. The largest absolute Gasteiger partial charge is 0.482 e. The number of carbonyl (C=O) groups is 1.